The molecule has 0 aromatic heterocycles. The molecule has 0 radical (unpaired) electrons. The fraction of sp³-hybridized carbons (Fsp3) is 0.727. The predicted octanol–water partition coefficient (Wildman–Crippen LogP) is 1.02. The quantitative estimate of drug-likeness (QED) is 0.667. The minimum atomic E-state index is -0.101. The standard InChI is InChI=1S/C11H20N2OS/c1-3-5-12-11(14)9(2)13-7-10-4-6-15-8-10/h3,9-10,13H,1,4-8H2,2H3,(H,12,14). The molecule has 0 saturated carbocycles. The second kappa shape index (κ2) is 6.90. The highest BCUT2D eigenvalue weighted by Gasteiger charge is 2.17. The van der Waals surface area contributed by atoms with E-state index in [2.05, 4.69) is 17.2 Å². The van der Waals surface area contributed by atoms with E-state index in [9.17, 15) is 4.79 Å². The Kier molecular flexibility index (Phi) is 5.79. The molecule has 4 heteroatoms. The van der Waals surface area contributed by atoms with Crippen molar-refractivity contribution in [1.82, 2.24) is 10.6 Å². The lowest BCUT2D eigenvalue weighted by molar-refractivity contribution is -0.122. The maximum Gasteiger partial charge on any atom is 0.237 e. The van der Waals surface area contributed by atoms with E-state index < -0.39 is 0 Å². The Morgan fingerprint density at radius 1 is 1.73 bits per heavy atom. The molecule has 1 rings (SSSR count). The smallest absolute Gasteiger partial charge is 0.237 e. The number of hydrogen-bond donors (Lipinski definition) is 2. The van der Waals surface area contributed by atoms with Gasteiger partial charge in [0.15, 0.2) is 0 Å². The lowest BCUT2D eigenvalue weighted by Gasteiger charge is -2.15. The SMILES string of the molecule is C=CCNC(=O)C(C)NCC1CCSC1. The topological polar surface area (TPSA) is 41.1 Å². The van der Waals surface area contributed by atoms with Crippen LogP contribution in [0, 0.1) is 5.92 Å². The third kappa shape index (κ3) is 4.71. The molecule has 0 bridgehead atoms. The van der Waals surface area contributed by atoms with Crippen LogP contribution in [0.15, 0.2) is 12.7 Å². The fourth-order valence-corrected chi connectivity index (χ4v) is 2.79. The van der Waals surface area contributed by atoms with Gasteiger partial charge >= 0.3 is 0 Å². The van der Waals surface area contributed by atoms with Crippen LogP contribution < -0.4 is 10.6 Å². The van der Waals surface area contributed by atoms with Crippen LogP contribution in [0.25, 0.3) is 0 Å². The minimum absolute atomic E-state index is 0.0561. The highest BCUT2D eigenvalue weighted by molar-refractivity contribution is 7.99. The molecule has 1 saturated heterocycles. The maximum atomic E-state index is 11.5. The number of nitrogens with one attached hydrogen (secondary N) is 2. The first-order valence-corrected chi connectivity index (χ1v) is 6.59. The summed E-state index contributed by atoms with van der Waals surface area (Å²) in [6.45, 7) is 6.97. The molecule has 0 spiro atoms. The first kappa shape index (κ1) is 12.6. The summed E-state index contributed by atoms with van der Waals surface area (Å²) in [4.78, 5) is 11.5. The Bertz CT molecular complexity index is 215. The molecule has 15 heavy (non-hydrogen) atoms. The van der Waals surface area contributed by atoms with E-state index in [1.165, 1.54) is 17.9 Å². The van der Waals surface area contributed by atoms with E-state index in [1.807, 2.05) is 18.7 Å². The van der Waals surface area contributed by atoms with Gasteiger partial charge in [-0.25, -0.2) is 0 Å². The molecular formula is C11H20N2OS. The predicted molar refractivity (Wildman–Crippen MR) is 66.1 cm³/mol. The van der Waals surface area contributed by atoms with Crippen LogP contribution in [0.3, 0.4) is 0 Å². The van der Waals surface area contributed by atoms with Crippen LogP contribution in [-0.4, -0.2) is 36.5 Å². The Labute approximate surface area is 96.1 Å². The fourth-order valence-electron chi connectivity index (χ4n) is 1.51. The van der Waals surface area contributed by atoms with Crippen molar-refractivity contribution in [2.24, 2.45) is 5.92 Å². The summed E-state index contributed by atoms with van der Waals surface area (Å²) in [5, 5.41) is 6.06. The molecule has 1 aliphatic heterocycles. The van der Waals surface area contributed by atoms with Gasteiger partial charge in [-0.15, -0.1) is 6.58 Å². The monoisotopic (exact) mass is 228 g/mol. The van der Waals surface area contributed by atoms with Gasteiger partial charge in [0.05, 0.1) is 6.04 Å². The van der Waals surface area contributed by atoms with E-state index in [1.54, 1.807) is 6.08 Å². The van der Waals surface area contributed by atoms with Crippen molar-refractivity contribution in [2.45, 2.75) is 19.4 Å². The molecule has 86 valence electrons. The first-order chi connectivity index (χ1) is 7.24. The summed E-state index contributed by atoms with van der Waals surface area (Å²) in [5.41, 5.74) is 0. The number of thioether (sulfide) groups is 1. The number of carbonyl (C=O) groups is 1. The van der Waals surface area contributed by atoms with Gasteiger partial charge in [-0.1, -0.05) is 6.08 Å². The number of carbonyl (C=O) groups excluding carboxylic acids is 1. The summed E-state index contributed by atoms with van der Waals surface area (Å²) >= 11 is 2.00. The first-order valence-electron chi connectivity index (χ1n) is 5.43. The van der Waals surface area contributed by atoms with E-state index in [-0.39, 0.29) is 11.9 Å². The molecule has 1 heterocycles. The summed E-state index contributed by atoms with van der Waals surface area (Å²) in [7, 11) is 0. The third-order valence-electron chi connectivity index (χ3n) is 2.55. The Morgan fingerprint density at radius 2 is 2.53 bits per heavy atom. The van der Waals surface area contributed by atoms with E-state index >= 15 is 0 Å². The van der Waals surface area contributed by atoms with Crippen LogP contribution in [0.2, 0.25) is 0 Å². The molecule has 1 aliphatic rings. The molecule has 1 amide bonds. The Morgan fingerprint density at radius 3 is 3.13 bits per heavy atom. The van der Waals surface area contributed by atoms with Gasteiger partial charge in [-0.2, -0.15) is 11.8 Å². The van der Waals surface area contributed by atoms with Gasteiger partial charge in [0.2, 0.25) is 5.91 Å². The van der Waals surface area contributed by atoms with E-state index in [0.29, 0.717) is 6.54 Å². The zero-order valence-corrected chi connectivity index (χ0v) is 10.1. The van der Waals surface area contributed by atoms with Crippen molar-refractivity contribution in [2.75, 3.05) is 24.6 Å². The van der Waals surface area contributed by atoms with Crippen LogP contribution in [0.4, 0.5) is 0 Å². The van der Waals surface area contributed by atoms with Crippen molar-refractivity contribution in [3.8, 4) is 0 Å². The van der Waals surface area contributed by atoms with Crippen LogP contribution in [0.5, 0.6) is 0 Å². The molecule has 0 aromatic rings. The zero-order chi connectivity index (χ0) is 11.1. The normalized spacial score (nSPS) is 22.3. The third-order valence-corrected chi connectivity index (χ3v) is 3.78. The zero-order valence-electron chi connectivity index (χ0n) is 9.29. The highest BCUT2D eigenvalue weighted by atomic mass is 32.2. The second-order valence-electron chi connectivity index (χ2n) is 3.89. The van der Waals surface area contributed by atoms with Gasteiger partial charge in [0.25, 0.3) is 0 Å². The van der Waals surface area contributed by atoms with Crippen LogP contribution >= 0.6 is 11.8 Å². The average Bonchev–Trinajstić information content (AvgIpc) is 2.75. The molecule has 3 nitrogen and oxygen atoms in total. The molecule has 2 N–H and O–H groups in total. The summed E-state index contributed by atoms with van der Waals surface area (Å²) in [6, 6.07) is -0.101. The maximum absolute atomic E-state index is 11.5. The van der Waals surface area contributed by atoms with Gasteiger partial charge in [-0.3, -0.25) is 4.79 Å². The number of rotatable bonds is 6. The van der Waals surface area contributed by atoms with Gasteiger partial charge in [0.1, 0.15) is 0 Å². The van der Waals surface area contributed by atoms with E-state index in [0.717, 1.165) is 12.5 Å². The van der Waals surface area contributed by atoms with Crippen molar-refractivity contribution < 1.29 is 4.79 Å². The molecular weight excluding hydrogens is 208 g/mol. The Hall–Kier alpha value is -0.480. The summed E-state index contributed by atoms with van der Waals surface area (Å²) in [6.07, 6.45) is 2.97. The molecule has 0 aromatic carbocycles. The second-order valence-corrected chi connectivity index (χ2v) is 5.04. The molecule has 1 fully saturated rings. The van der Waals surface area contributed by atoms with Crippen molar-refractivity contribution in [3.63, 3.8) is 0 Å². The largest absolute Gasteiger partial charge is 0.351 e. The molecule has 0 aliphatic carbocycles. The van der Waals surface area contributed by atoms with Crippen molar-refractivity contribution >= 4 is 17.7 Å². The Balaban J connectivity index is 2.13. The number of amides is 1. The summed E-state index contributed by atoms with van der Waals surface area (Å²) < 4.78 is 0. The van der Waals surface area contributed by atoms with Gasteiger partial charge in [-0.05, 0) is 37.3 Å². The molecule has 2 atom stereocenters. The van der Waals surface area contributed by atoms with E-state index in [4.69, 9.17) is 0 Å². The molecule has 2 unspecified atom stereocenters. The van der Waals surface area contributed by atoms with Crippen LogP contribution in [0.1, 0.15) is 13.3 Å². The van der Waals surface area contributed by atoms with Crippen molar-refractivity contribution in [1.29, 1.82) is 0 Å². The lowest BCUT2D eigenvalue weighted by Crippen LogP contribution is -2.43. The van der Waals surface area contributed by atoms with Crippen LogP contribution in [-0.2, 0) is 4.79 Å². The minimum Gasteiger partial charge on any atom is -0.351 e. The average molecular weight is 228 g/mol. The summed E-state index contributed by atoms with van der Waals surface area (Å²) in [5.74, 6) is 3.29. The number of hydrogen-bond acceptors (Lipinski definition) is 3. The highest BCUT2D eigenvalue weighted by Crippen LogP contribution is 2.22. The van der Waals surface area contributed by atoms with Crippen molar-refractivity contribution in [3.05, 3.63) is 12.7 Å². The van der Waals surface area contributed by atoms with Gasteiger partial charge in [0, 0.05) is 6.54 Å². The van der Waals surface area contributed by atoms with Gasteiger partial charge < -0.3 is 10.6 Å². The lowest BCUT2D eigenvalue weighted by atomic mass is 10.1.